The van der Waals surface area contributed by atoms with Gasteiger partial charge < -0.3 is 10.6 Å². The van der Waals surface area contributed by atoms with Gasteiger partial charge in [-0.15, -0.1) is 0 Å². The molecule has 0 saturated carbocycles. The lowest BCUT2D eigenvalue weighted by Gasteiger charge is -2.14. The van der Waals surface area contributed by atoms with E-state index in [1.807, 2.05) is 38.1 Å². The zero-order valence-corrected chi connectivity index (χ0v) is 11.2. The van der Waals surface area contributed by atoms with Gasteiger partial charge in [0.1, 0.15) is 0 Å². The normalized spacial score (nSPS) is 12.2. The molecule has 3 nitrogen and oxygen atoms in total. The van der Waals surface area contributed by atoms with Crippen LogP contribution in [0.1, 0.15) is 25.5 Å². The van der Waals surface area contributed by atoms with E-state index in [0.29, 0.717) is 6.54 Å². The molecule has 2 N–H and O–H groups in total. The lowest BCUT2D eigenvalue weighted by molar-refractivity contribution is -0.120. The third-order valence-electron chi connectivity index (χ3n) is 2.28. The fraction of sp³-hybridized carbons (Fsp3) is 0.417. The zero-order valence-electron chi connectivity index (χ0n) is 9.59. The van der Waals surface area contributed by atoms with E-state index in [4.69, 9.17) is 0 Å². The molecule has 0 aromatic heterocycles. The van der Waals surface area contributed by atoms with Crippen molar-refractivity contribution in [3.8, 4) is 0 Å². The summed E-state index contributed by atoms with van der Waals surface area (Å²) in [5.74, 6) is 0.0252. The highest BCUT2D eigenvalue weighted by Crippen LogP contribution is 2.16. The molecule has 88 valence electrons. The first-order valence-corrected chi connectivity index (χ1v) is 6.18. The van der Waals surface area contributed by atoms with Crippen LogP contribution in [0.3, 0.4) is 0 Å². The number of halogens is 1. The second kappa shape index (κ2) is 6.66. The third-order valence-corrected chi connectivity index (χ3v) is 2.81. The number of nitrogens with one attached hydrogen (secondary N) is 2. The highest BCUT2D eigenvalue weighted by atomic mass is 79.9. The van der Waals surface area contributed by atoms with E-state index in [1.165, 1.54) is 0 Å². The van der Waals surface area contributed by atoms with Crippen LogP contribution in [0.2, 0.25) is 0 Å². The maximum Gasteiger partial charge on any atom is 0.234 e. The van der Waals surface area contributed by atoms with Crippen LogP contribution >= 0.6 is 15.9 Å². The number of carbonyl (C=O) groups is 1. The van der Waals surface area contributed by atoms with Crippen molar-refractivity contribution in [2.75, 3.05) is 13.1 Å². The van der Waals surface area contributed by atoms with Gasteiger partial charge in [0.15, 0.2) is 0 Å². The molecule has 0 heterocycles. The van der Waals surface area contributed by atoms with Crippen LogP contribution in [0.15, 0.2) is 28.7 Å². The molecule has 0 spiro atoms. The number of likely N-dealkylation sites (N-methyl/N-ethyl adjacent to an activating group) is 1. The fourth-order valence-electron chi connectivity index (χ4n) is 1.37. The Labute approximate surface area is 105 Å². The van der Waals surface area contributed by atoms with Crippen molar-refractivity contribution in [1.29, 1.82) is 0 Å². The van der Waals surface area contributed by atoms with E-state index < -0.39 is 0 Å². The Hall–Kier alpha value is -0.870. The van der Waals surface area contributed by atoms with E-state index in [1.54, 1.807) is 0 Å². The molecule has 0 bridgehead atoms. The van der Waals surface area contributed by atoms with Crippen molar-refractivity contribution >= 4 is 21.8 Å². The molecule has 0 aliphatic carbocycles. The van der Waals surface area contributed by atoms with Gasteiger partial charge in [0.2, 0.25) is 5.91 Å². The maximum absolute atomic E-state index is 11.5. The number of benzene rings is 1. The number of carbonyl (C=O) groups excluding carboxylic acids is 1. The van der Waals surface area contributed by atoms with Crippen LogP contribution in [0.4, 0.5) is 0 Å². The van der Waals surface area contributed by atoms with Crippen molar-refractivity contribution < 1.29 is 4.79 Å². The van der Waals surface area contributed by atoms with Gasteiger partial charge in [-0.25, -0.2) is 0 Å². The smallest absolute Gasteiger partial charge is 0.234 e. The van der Waals surface area contributed by atoms with Gasteiger partial charge in [-0.3, -0.25) is 4.79 Å². The summed E-state index contributed by atoms with van der Waals surface area (Å²) in [6.07, 6.45) is 0. The van der Waals surface area contributed by atoms with Crippen LogP contribution in [0, 0.1) is 0 Å². The number of rotatable bonds is 5. The molecule has 4 heteroatoms. The molecule has 0 saturated heterocycles. The van der Waals surface area contributed by atoms with E-state index in [0.717, 1.165) is 16.6 Å². The number of amides is 1. The summed E-state index contributed by atoms with van der Waals surface area (Å²) in [6.45, 7) is 5.13. The predicted molar refractivity (Wildman–Crippen MR) is 69.2 cm³/mol. The van der Waals surface area contributed by atoms with E-state index in [9.17, 15) is 4.79 Å². The Bertz CT molecular complexity index is 337. The molecule has 0 fully saturated rings. The molecular formula is C12H17BrN2O. The van der Waals surface area contributed by atoms with Gasteiger partial charge in [0.25, 0.3) is 0 Å². The van der Waals surface area contributed by atoms with Crippen LogP contribution < -0.4 is 10.6 Å². The quantitative estimate of drug-likeness (QED) is 0.871. The van der Waals surface area contributed by atoms with Gasteiger partial charge >= 0.3 is 0 Å². The highest BCUT2D eigenvalue weighted by Gasteiger charge is 2.08. The summed E-state index contributed by atoms with van der Waals surface area (Å²) in [5.41, 5.74) is 1.10. The second-order valence-corrected chi connectivity index (χ2v) is 4.54. The molecule has 1 aromatic carbocycles. The maximum atomic E-state index is 11.5. The summed E-state index contributed by atoms with van der Waals surface area (Å²) < 4.78 is 1.04. The molecule has 0 aliphatic rings. The van der Waals surface area contributed by atoms with Crippen molar-refractivity contribution in [2.45, 2.75) is 19.9 Å². The lowest BCUT2D eigenvalue weighted by Crippen LogP contribution is -2.35. The molecule has 16 heavy (non-hydrogen) atoms. The minimum atomic E-state index is 0.0252. The highest BCUT2D eigenvalue weighted by molar-refractivity contribution is 9.10. The van der Waals surface area contributed by atoms with Crippen LogP contribution in [0.25, 0.3) is 0 Å². The Morgan fingerprint density at radius 3 is 2.56 bits per heavy atom. The first-order valence-electron chi connectivity index (χ1n) is 5.39. The third kappa shape index (κ3) is 4.33. The molecule has 1 atom stereocenters. The van der Waals surface area contributed by atoms with Crippen molar-refractivity contribution in [2.24, 2.45) is 0 Å². The van der Waals surface area contributed by atoms with Gasteiger partial charge in [-0.2, -0.15) is 0 Å². The molecule has 1 rings (SSSR count). The standard InChI is InChI=1S/C12H17BrN2O/c1-3-14-8-12(16)15-9(2)10-4-6-11(13)7-5-10/h4-7,9,14H,3,8H2,1-2H3,(H,15,16). The molecule has 0 radical (unpaired) electrons. The Kier molecular flexibility index (Phi) is 5.49. The molecular weight excluding hydrogens is 268 g/mol. The first kappa shape index (κ1) is 13.2. The second-order valence-electron chi connectivity index (χ2n) is 3.62. The topological polar surface area (TPSA) is 41.1 Å². The van der Waals surface area contributed by atoms with Gasteiger partial charge in [0, 0.05) is 4.47 Å². The van der Waals surface area contributed by atoms with Crippen molar-refractivity contribution in [3.05, 3.63) is 34.3 Å². The summed E-state index contributed by atoms with van der Waals surface area (Å²) in [6, 6.07) is 7.99. The van der Waals surface area contributed by atoms with Crippen LogP contribution in [0.5, 0.6) is 0 Å². The average molecular weight is 285 g/mol. The van der Waals surface area contributed by atoms with Crippen molar-refractivity contribution in [1.82, 2.24) is 10.6 Å². The largest absolute Gasteiger partial charge is 0.348 e. The minimum absolute atomic E-state index is 0.0252. The lowest BCUT2D eigenvalue weighted by atomic mass is 10.1. The van der Waals surface area contributed by atoms with Crippen LogP contribution in [-0.2, 0) is 4.79 Å². The summed E-state index contributed by atoms with van der Waals surface area (Å²) in [4.78, 5) is 11.5. The zero-order chi connectivity index (χ0) is 12.0. The average Bonchev–Trinajstić information content (AvgIpc) is 2.27. The van der Waals surface area contributed by atoms with Gasteiger partial charge in [-0.1, -0.05) is 35.0 Å². The Balaban J connectivity index is 2.48. The SMILES string of the molecule is CCNCC(=O)NC(C)c1ccc(Br)cc1. The Morgan fingerprint density at radius 2 is 2.00 bits per heavy atom. The minimum Gasteiger partial charge on any atom is -0.348 e. The van der Waals surface area contributed by atoms with Gasteiger partial charge in [-0.05, 0) is 31.2 Å². The summed E-state index contributed by atoms with van der Waals surface area (Å²) in [7, 11) is 0. The molecule has 1 aromatic rings. The summed E-state index contributed by atoms with van der Waals surface area (Å²) >= 11 is 3.38. The van der Waals surface area contributed by atoms with E-state index in [-0.39, 0.29) is 11.9 Å². The first-order chi connectivity index (χ1) is 7.63. The van der Waals surface area contributed by atoms with Crippen LogP contribution in [-0.4, -0.2) is 19.0 Å². The fourth-order valence-corrected chi connectivity index (χ4v) is 1.63. The monoisotopic (exact) mass is 284 g/mol. The molecule has 1 amide bonds. The Morgan fingerprint density at radius 1 is 1.38 bits per heavy atom. The van der Waals surface area contributed by atoms with E-state index in [2.05, 4.69) is 26.6 Å². The number of hydrogen-bond donors (Lipinski definition) is 2. The summed E-state index contributed by atoms with van der Waals surface area (Å²) in [5, 5.41) is 5.93. The molecule has 1 unspecified atom stereocenters. The van der Waals surface area contributed by atoms with Gasteiger partial charge in [0.05, 0.1) is 12.6 Å². The molecule has 0 aliphatic heterocycles. The predicted octanol–water partition coefficient (Wildman–Crippen LogP) is 2.24. The van der Waals surface area contributed by atoms with Crippen molar-refractivity contribution in [3.63, 3.8) is 0 Å². The number of hydrogen-bond acceptors (Lipinski definition) is 2. The van der Waals surface area contributed by atoms with E-state index >= 15 is 0 Å².